The standard InChI is InChI=1S/C20H22N2O4/c1-25-18-9-5-8-17(14-18)19(23)21-10-12-22(13-11-21)20(24)26-15-16-6-3-2-4-7-16/h2-9,14H,10-13,15H2,1H3. The van der Waals surface area contributed by atoms with E-state index in [9.17, 15) is 9.59 Å². The number of rotatable bonds is 4. The monoisotopic (exact) mass is 354 g/mol. The minimum Gasteiger partial charge on any atom is -0.497 e. The largest absolute Gasteiger partial charge is 0.497 e. The van der Waals surface area contributed by atoms with Gasteiger partial charge in [0.05, 0.1) is 7.11 Å². The highest BCUT2D eigenvalue weighted by atomic mass is 16.6. The van der Waals surface area contributed by atoms with Crippen molar-refractivity contribution in [2.45, 2.75) is 6.61 Å². The van der Waals surface area contributed by atoms with Crippen LogP contribution in [0.15, 0.2) is 54.6 Å². The lowest BCUT2D eigenvalue weighted by Gasteiger charge is -2.34. The molecule has 0 aliphatic carbocycles. The van der Waals surface area contributed by atoms with Gasteiger partial charge in [0.15, 0.2) is 0 Å². The van der Waals surface area contributed by atoms with Gasteiger partial charge in [-0.25, -0.2) is 4.79 Å². The molecule has 1 aliphatic heterocycles. The van der Waals surface area contributed by atoms with Crippen molar-refractivity contribution in [2.24, 2.45) is 0 Å². The van der Waals surface area contributed by atoms with Crippen molar-refractivity contribution in [3.8, 4) is 5.75 Å². The summed E-state index contributed by atoms with van der Waals surface area (Å²) in [4.78, 5) is 28.2. The average Bonchev–Trinajstić information content (AvgIpc) is 2.72. The van der Waals surface area contributed by atoms with Gasteiger partial charge in [-0.3, -0.25) is 4.79 Å². The molecule has 1 heterocycles. The van der Waals surface area contributed by atoms with E-state index in [2.05, 4.69) is 0 Å². The third-order valence-electron chi connectivity index (χ3n) is 4.35. The highest BCUT2D eigenvalue weighted by Gasteiger charge is 2.25. The zero-order valence-corrected chi connectivity index (χ0v) is 14.8. The van der Waals surface area contributed by atoms with Gasteiger partial charge in [-0.1, -0.05) is 36.4 Å². The molecule has 2 amide bonds. The fourth-order valence-electron chi connectivity index (χ4n) is 2.84. The Bertz CT molecular complexity index is 755. The molecule has 0 saturated carbocycles. The van der Waals surface area contributed by atoms with Crippen LogP contribution in [0.4, 0.5) is 4.79 Å². The topological polar surface area (TPSA) is 59.1 Å². The van der Waals surface area contributed by atoms with Crippen LogP contribution in [-0.2, 0) is 11.3 Å². The van der Waals surface area contributed by atoms with Gasteiger partial charge in [-0.05, 0) is 23.8 Å². The molecule has 3 rings (SSSR count). The Hall–Kier alpha value is -3.02. The van der Waals surface area contributed by atoms with Crippen LogP contribution in [0.2, 0.25) is 0 Å². The highest BCUT2D eigenvalue weighted by molar-refractivity contribution is 5.94. The van der Waals surface area contributed by atoms with E-state index in [-0.39, 0.29) is 18.6 Å². The van der Waals surface area contributed by atoms with Gasteiger partial charge >= 0.3 is 6.09 Å². The molecular weight excluding hydrogens is 332 g/mol. The molecule has 0 spiro atoms. The van der Waals surface area contributed by atoms with Crippen molar-refractivity contribution in [1.82, 2.24) is 9.80 Å². The number of hydrogen-bond acceptors (Lipinski definition) is 4. The van der Waals surface area contributed by atoms with E-state index in [0.717, 1.165) is 5.56 Å². The van der Waals surface area contributed by atoms with Crippen LogP contribution >= 0.6 is 0 Å². The maximum absolute atomic E-state index is 12.6. The Morgan fingerprint density at radius 3 is 2.31 bits per heavy atom. The van der Waals surface area contributed by atoms with Crippen LogP contribution in [0.1, 0.15) is 15.9 Å². The van der Waals surface area contributed by atoms with E-state index in [4.69, 9.17) is 9.47 Å². The molecule has 1 saturated heterocycles. The van der Waals surface area contributed by atoms with Gasteiger partial charge in [-0.2, -0.15) is 0 Å². The van der Waals surface area contributed by atoms with Crippen molar-refractivity contribution in [2.75, 3.05) is 33.3 Å². The van der Waals surface area contributed by atoms with E-state index in [1.54, 1.807) is 41.2 Å². The van der Waals surface area contributed by atoms with E-state index >= 15 is 0 Å². The summed E-state index contributed by atoms with van der Waals surface area (Å²) in [5.41, 5.74) is 1.54. The average molecular weight is 354 g/mol. The molecule has 0 N–H and O–H groups in total. The second-order valence-electron chi connectivity index (χ2n) is 6.05. The molecule has 2 aromatic carbocycles. The number of carbonyl (C=O) groups is 2. The lowest BCUT2D eigenvalue weighted by molar-refractivity contribution is 0.0543. The first kappa shape index (κ1) is 17.8. The summed E-state index contributed by atoms with van der Waals surface area (Å²) in [6.07, 6.45) is -0.345. The van der Waals surface area contributed by atoms with Crippen molar-refractivity contribution >= 4 is 12.0 Å². The van der Waals surface area contributed by atoms with Crippen LogP contribution in [0, 0.1) is 0 Å². The van der Waals surface area contributed by atoms with Crippen molar-refractivity contribution in [1.29, 1.82) is 0 Å². The fraction of sp³-hybridized carbons (Fsp3) is 0.300. The predicted molar refractivity (Wildman–Crippen MR) is 97.1 cm³/mol. The summed E-state index contributed by atoms with van der Waals surface area (Å²) in [6.45, 7) is 2.14. The molecular formula is C20H22N2O4. The third-order valence-corrected chi connectivity index (χ3v) is 4.35. The second kappa shape index (κ2) is 8.38. The predicted octanol–water partition coefficient (Wildman–Crippen LogP) is 2.79. The van der Waals surface area contributed by atoms with Crippen molar-refractivity contribution in [3.05, 3.63) is 65.7 Å². The molecule has 0 bridgehead atoms. The maximum atomic E-state index is 12.6. The minimum atomic E-state index is -0.345. The van der Waals surface area contributed by atoms with E-state index in [0.29, 0.717) is 37.5 Å². The minimum absolute atomic E-state index is 0.0544. The second-order valence-corrected chi connectivity index (χ2v) is 6.05. The zero-order chi connectivity index (χ0) is 18.4. The molecule has 0 radical (unpaired) electrons. The Kier molecular flexibility index (Phi) is 5.73. The summed E-state index contributed by atoms with van der Waals surface area (Å²) in [5, 5.41) is 0. The molecule has 136 valence electrons. The first-order valence-electron chi connectivity index (χ1n) is 8.56. The van der Waals surface area contributed by atoms with Crippen LogP contribution in [0.3, 0.4) is 0 Å². The molecule has 26 heavy (non-hydrogen) atoms. The number of carbonyl (C=O) groups excluding carboxylic acids is 2. The van der Waals surface area contributed by atoms with Gasteiger partial charge in [0.25, 0.3) is 5.91 Å². The molecule has 2 aromatic rings. The summed E-state index contributed by atoms with van der Waals surface area (Å²) in [5.74, 6) is 0.597. The van der Waals surface area contributed by atoms with Gasteiger partial charge in [-0.15, -0.1) is 0 Å². The normalized spacial score (nSPS) is 14.0. The number of benzene rings is 2. The van der Waals surface area contributed by atoms with Gasteiger partial charge in [0.2, 0.25) is 0 Å². The molecule has 6 nitrogen and oxygen atoms in total. The molecule has 0 aromatic heterocycles. The van der Waals surface area contributed by atoms with Crippen LogP contribution in [0.5, 0.6) is 5.75 Å². The molecule has 6 heteroatoms. The third kappa shape index (κ3) is 4.33. The summed E-state index contributed by atoms with van der Waals surface area (Å²) >= 11 is 0. The molecule has 0 atom stereocenters. The summed E-state index contributed by atoms with van der Waals surface area (Å²) < 4.78 is 10.5. The fourth-order valence-corrected chi connectivity index (χ4v) is 2.84. The van der Waals surface area contributed by atoms with Crippen molar-refractivity contribution in [3.63, 3.8) is 0 Å². The number of nitrogens with zero attached hydrogens (tertiary/aromatic N) is 2. The Morgan fingerprint density at radius 1 is 0.923 bits per heavy atom. The number of hydrogen-bond donors (Lipinski definition) is 0. The van der Waals surface area contributed by atoms with E-state index in [1.807, 2.05) is 30.3 Å². The first-order valence-corrected chi connectivity index (χ1v) is 8.56. The van der Waals surface area contributed by atoms with Gasteiger partial charge in [0, 0.05) is 31.7 Å². The van der Waals surface area contributed by atoms with E-state index in [1.165, 1.54) is 0 Å². The molecule has 1 fully saturated rings. The first-order chi connectivity index (χ1) is 12.7. The van der Waals surface area contributed by atoms with Crippen LogP contribution in [-0.4, -0.2) is 55.1 Å². The maximum Gasteiger partial charge on any atom is 0.410 e. The highest BCUT2D eigenvalue weighted by Crippen LogP contribution is 2.16. The lowest BCUT2D eigenvalue weighted by Crippen LogP contribution is -2.50. The number of amides is 2. The number of methoxy groups -OCH3 is 1. The van der Waals surface area contributed by atoms with Crippen LogP contribution < -0.4 is 4.74 Å². The van der Waals surface area contributed by atoms with E-state index < -0.39 is 0 Å². The smallest absolute Gasteiger partial charge is 0.410 e. The summed E-state index contributed by atoms with van der Waals surface area (Å²) in [6, 6.07) is 16.7. The molecule has 1 aliphatic rings. The quantitative estimate of drug-likeness (QED) is 0.847. The Balaban J connectivity index is 1.50. The van der Waals surface area contributed by atoms with Gasteiger partial charge < -0.3 is 19.3 Å². The number of piperazine rings is 1. The molecule has 0 unspecified atom stereocenters. The van der Waals surface area contributed by atoms with Crippen LogP contribution in [0.25, 0.3) is 0 Å². The Morgan fingerprint density at radius 2 is 1.62 bits per heavy atom. The SMILES string of the molecule is COc1cccc(C(=O)N2CCN(C(=O)OCc3ccccc3)CC2)c1. The lowest BCUT2D eigenvalue weighted by atomic mass is 10.1. The summed E-state index contributed by atoms with van der Waals surface area (Å²) in [7, 11) is 1.57. The number of ether oxygens (including phenoxy) is 2. The Labute approximate surface area is 152 Å². The van der Waals surface area contributed by atoms with Gasteiger partial charge in [0.1, 0.15) is 12.4 Å². The zero-order valence-electron chi connectivity index (χ0n) is 14.8. The van der Waals surface area contributed by atoms with Crippen molar-refractivity contribution < 1.29 is 19.1 Å².